The first kappa shape index (κ1) is 16.7. The van der Waals surface area contributed by atoms with Crippen molar-refractivity contribution in [1.82, 2.24) is 24.2 Å². The van der Waals surface area contributed by atoms with E-state index in [0.717, 1.165) is 48.7 Å². The molecule has 4 aromatic rings. The van der Waals surface area contributed by atoms with Gasteiger partial charge < -0.3 is 4.57 Å². The highest BCUT2D eigenvalue weighted by atomic mass is 15.3. The second kappa shape index (κ2) is 6.63. The van der Waals surface area contributed by atoms with Crippen LogP contribution in [0.2, 0.25) is 0 Å². The third-order valence-electron chi connectivity index (χ3n) is 5.36. The van der Waals surface area contributed by atoms with Gasteiger partial charge in [0.1, 0.15) is 5.69 Å². The normalized spacial score (nSPS) is 14.1. The molecule has 0 saturated carbocycles. The number of imidazole rings is 1. The van der Waals surface area contributed by atoms with E-state index in [1.54, 1.807) is 0 Å². The number of nitrogens with zero attached hydrogens (tertiary/aromatic N) is 6. The Morgan fingerprint density at radius 3 is 2.82 bits per heavy atom. The Labute approximate surface area is 163 Å². The molecule has 1 aliphatic heterocycles. The van der Waals surface area contributed by atoms with Gasteiger partial charge >= 0.3 is 0 Å². The van der Waals surface area contributed by atoms with Gasteiger partial charge in [0.25, 0.3) is 0 Å². The van der Waals surface area contributed by atoms with E-state index < -0.39 is 0 Å². The summed E-state index contributed by atoms with van der Waals surface area (Å²) in [7, 11) is 2.04. The van der Waals surface area contributed by atoms with Gasteiger partial charge in [-0.3, -0.25) is 9.58 Å². The molecule has 2 aromatic carbocycles. The fourth-order valence-corrected chi connectivity index (χ4v) is 3.94. The number of hydrogen-bond acceptors (Lipinski definition) is 4. The molecule has 2 aromatic heterocycles. The lowest BCUT2D eigenvalue weighted by atomic mass is 10.1. The summed E-state index contributed by atoms with van der Waals surface area (Å²) in [6, 6.07) is 20.4. The SMILES string of the molecule is Cn1c(-c2cc3n(n2)CCN(Cc2cccc(C#N)c2)C3)nc2ccccc21. The van der Waals surface area contributed by atoms with E-state index in [1.165, 1.54) is 11.3 Å². The predicted molar refractivity (Wildman–Crippen MR) is 107 cm³/mol. The summed E-state index contributed by atoms with van der Waals surface area (Å²) in [5, 5.41) is 13.9. The molecule has 0 spiro atoms. The molecule has 0 atom stereocenters. The van der Waals surface area contributed by atoms with Crippen LogP contribution < -0.4 is 0 Å². The quantitative estimate of drug-likeness (QED) is 0.556. The van der Waals surface area contributed by atoms with Crippen LogP contribution in [0.5, 0.6) is 0 Å². The number of para-hydroxylation sites is 2. The maximum Gasteiger partial charge on any atom is 0.161 e. The van der Waals surface area contributed by atoms with Crippen LogP contribution in [-0.4, -0.2) is 30.8 Å². The van der Waals surface area contributed by atoms with Gasteiger partial charge in [-0.2, -0.15) is 10.4 Å². The standard InChI is InChI=1S/C22H20N6/c1-26-21-8-3-2-7-19(21)24-22(26)20-12-18-15-27(9-10-28(18)25-20)14-17-6-4-5-16(11-17)13-23/h2-8,11-12H,9-10,14-15H2,1H3. The van der Waals surface area contributed by atoms with Gasteiger partial charge in [0.2, 0.25) is 0 Å². The summed E-state index contributed by atoms with van der Waals surface area (Å²) in [5.74, 6) is 0.899. The summed E-state index contributed by atoms with van der Waals surface area (Å²) < 4.78 is 4.20. The van der Waals surface area contributed by atoms with Gasteiger partial charge in [-0.25, -0.2) is 4.98 Å². The molecular formula is C22H20N6. The number of benzene rings is 2. The lowest BCUT2D eigenvalue weighted by Crippen LogP contribution is -2.33. The summed E-state index contributed by atoms with van der Waals surface area (Å²) >= 11 is 0. The Balaban J connectivity index is 1.40. The number of aromatic nitrogens is 4. The van der Waals surface area contributed by atoms with Gasteiger partial charge in [0, 0.05) is 26.7 Å². The van der Waals surface area contributed by atoms with E-state index in [2.05, 4.69) is 38.4 Å². The lowest BCUT2D eigenvalue weighted by Gasteiger charge is -2.27. The maximum absolute atomic E-state index is 9.10. The molecule has 0 radical (unpaired) electrons. The number of nitriles is 1. The first-order valence-electron chi connectivity index (χ1n) is 9.41. The molecule has 0 unspecified atom stereocenters. The van der Waals surface area contributed by atoms with Crippen molar-refractivity contribution in [3.8, 4) is 17.6 Å². The predicted octanol–water partition coefficient (Wildman–Crippen LogP) is 3.32. The summed E-state index contributed by atoms with van der Waals surface area (Å²) in [6.07, 6.45) is 0. The minimum atomic E-state index is 0.712. The minimum Gasteiger partial charge on any atom is -0.326 e. The van der Waals surface area contributed by atoms with Crippen LogP contribution in [0.4, 0.5) is 0 Å². The van der Waals surface area contributed by atoms with Crippen LogP contribution >= 0.6 is 0 Å². The van der Waals surface area contributed by atoms with Crippen LogP contribution in [0.25, 0.3) is 22.6 Å². The zero-order valence-electron chi connectivity index (χ0n) is 15.7. The maximum atomic E-state index is 9.10. The van der Waals surface area contributed by atoms with Crippen LogP contribution in [-0.2, 0) is 26.7 Å². The average Bonchev–Trinajstić information content (AvgIpc) is 3.29. The van der Waals surface area contributed by atoms with Gasteiger partial charge in [-0.1, -0.05) is 24.3 Å². The van der Waals surface area contributed by atoms with E-state index in [9.17, 15) is 0 Å². The first-order chi connectivity index (χ1) is 13.7. The largest absolute Gasteiger partial charge is 0.326 e. The molecule has 6 heteroatoms. The molecular weight excluding hydrogens is 348 g/mol. The van der Waals surface area contributed by atoms with Crippen LogP contribution in [0.1, 0.15) is 16.8 Å². The molecule has 0 N–H and O–H groups in total. The minimum absolute atomic E-state index is 0.712. The lowest BCUT2D eigenvalue weighted by molar-refractivity contribution is 0.205. The van der Waals surface area contributed by atoms with Crippen molar-refractivity contribution in [3.05, 3.63) is 71.4 Å². The Morgan fingerprint density at radius 1 is 1.07 bits per heavy atom. The second-order valence-corrected chi connectivity index (χ2v) is 7.25. The van der Waals surface area contributed by atoms with Crippen molar-refractivity contribution in [2.24, 2.45) is 7.05 Å². The molecule has 5 rings (SSSR count). The van der Waals surface area contributed by atoms with Crippen molar-refractivity contribution >= 4 is 11.0 Å². The number of hydrogen-bond donors (Lipinski definition) is 0. The molecule has 0 saturated heterocycles. The average molecular weight is 368 g/mol. The molecule has 0 bridgehead atoms. The molecule has 6 nitrogen and oxygen atoms in total. The first-order valence-corrected chi connectivity index (χ1v) is 9.41. The van der Waals surface area contributed by atoms with Gasteiger partial charge in [0.05, 0.1) is 34.9 Å². The van der Waals surface area contributed by atoms with Crippen molar-refractivity contribution in [1.29, 1.82) is 5.26 Å². The number of fused-ring (bicyclic) bond motifs is 2. The fourth-order valence-electron chi connectivity index (χ4n) is 3.94. The second-order valence-electron chi connectivity index (χ2n) is 7.25. The fraction of sp³-hybridized carbons (Fsp3) is 0.227. The molecule has 1 aliphatic rings. The van der Waals surface area contributed by atoms with Crippen molar-refractivity contribution in [3.63, 3.8) is 0 Å². The number of aryl methyl sites for hydroxylation is 1. The number of rotatable bonds is 3. The van der Waals surface area contributed by atoms with Crippen LogP contribution in [0, 0.1) is 11.3 Å². The van der Waals surface area contributed by atoms with Gasteiger partial charge in [-0.05, 0) is 35.9 Å². The van der Waals surface area contributed by atoms with E-state index in [1.807, 2.05) is 43.4 Å². The molecule has 28 heavy (non-hydrogen) atoms. The molecule has 3 heterocycles. The topological polar surface area (TPSA) is 62.7 Å². The van der Waals surface area contributed by atoms with Gasteiger partial charge in [0.15, 0.2) is 5.82 Å². The van der Waals surface area contributed by atoms with Gasteiger partial charge in [-0.15, -0.1) is 0 Å². The third kappa shape index (κ3) is 2.86. The van der Waals surface area contributed by atoms with Crippen molar-refractivity contribution in [2.75, 3.05) is 6.54 Å². The molecule has 0 aliphatic carbocycles. The zero-order chi connectivity index (χ0) is 19.1. The third-order valence-corrected chi connectivity index (χ3v) is 5.36. The summed E-state index contributed by atoms with van der Waals surface area (Å²) in [5.41, 5.74) is 6.10. The highest BCUT2D eigenvalue weighted by molar-refractivity contribution is 5.79. The van der Waals surface area contributed by atoms with Crippen LogP contribution in [0.15, 0.2) is 54.6 Å². The zero-order valence-corrected chi connectivity index (χ0v) is 15.7. The highest BCUT2D eigenvalue weighted by Gasteiger charge is 2.21. The molecule has 138 valence electrons. The highest BCUT2D eigenvalue weighted by Crippen LogP contribution is 2.25. The van der Waals surface area contributed by atoms with Crippen LogP contribution in [0.3, 0.4) is 0 Å². The van der Waals surface area contributed by atoms with E-state index in [0.29, 0.717) is 5.56 Å². The smallest absolute Gasteiger partial charge is 0.161 e. The summed E-state index contributed by atoms with van der Waals surface area (Å²) in [6.45, 7) is 3.47. The summed E-state index contributed by atoms with van der Waals surface area (Å²) in [4.78, 5) is 7.17. The Morgan fingerprint density at radius 2 is 1.96 bits per heavy atom. The Bertz CT molecular complexity index is 1210. The van der Waals surface area contributed by atoms with E-state index >= 15 is 0 Å². The van der Waals surface area contributed by atoms with E-state index in [4.69, 9.17) is 15.3 Å². The Hall–Kier alpha value is -3.43. The van der Waals surface area contributed by atoms with E-state index in [-0.39, 0.29) is 0 Å². The monoisotopic (exact) mass is 368 g/mol. The van der Waals surface area contributed by atoms with Crippen molar-refractivity contribution < 1.29 is 0 Å². The molecule has 0 fully saturated rings. The Kier molecular flexibility index (Phi) is 3.96. The molecule has 0 amide bonds. The van der Waals surface area contributed by atoms with Crippen molar-refractivity contribution in [2.45, 2.75) is 19.6 Å².